The molecule has 0 fully saturated rings. The minimum absolute atomic E-state index is 0.0921. The molecule has 0 amide bonds. The average Bonchev–Trinajstić information content (AvgIpc) is 3.46. The number of thioether (sulfide) groups is 1. The summed E-state index contributed by atoms with van der Waals surface area (Å²) in [6.07, 6.45) is 1.56. The predicted molar refractivity (Wildman–Crippen MR) is 124 cm³/mol. The number of ether oxygens (including phenoxy) is 1. The second kappa shape index (κ2) is 9.32. The summed E-state index contributed by atoms with van der Waals surface area (Å²) in [6, 6.07) is 8.52. The van der Waals surface area contributed by atoms with Crippen LogP contribution >= 0.6 is 23.1 Å². The largest absolute Gasteiger partial charge is 0.462 e. The molecule has 0 atom stereocenters. The molecule has 12 heteroatoms. The number of aromatic nitrogens is 3. The van der Waals surface area contributed by atoms with Gasteiger partial charge < -0.3 is 10.1 Å². The number of nitrogens with one attached hydrogen (secondary N) is 1. The summed E-state index contributed by atoms with van der Waals surface area (Å²) in [6.45, 7) is 1.90. The maximum Gasteiger partial charge on any atom is 0.340 e. The van der Waals surface area contributed by atoms with Crippen LogP contribution in [0.5, 0.6) is 0 Å². The van der Waals surface area contributed by atoms with E-state index in [2.05, 4.69) is 20.6 Å². The Hall–Kier alpha value is -3.51. The molecule has 0 bridgehead atoms. The molecule has 3 aromatic rings. The molecule has 0 radical (unpaired) electrons. The Morgan fingerprint density at radius 3 is 2.91 bits per heavy atom. The number of rotatable bonds is 7. The number of hydrogen-bond donors (Lipinski definition) is 1. The number of benzene rings is 1. The van der Waals surface area contributed by atoms with Crippen molar-refractivity contribution in [3.05, 3.63) is 57.0 Å². The van der Waals surface area contributed by atoms with Gasteiger partial charge in [-0.25, -0.2) is 4.79 Å². The summed E-state index contributed by atoms with van der Waals surface area (Å²) < 4.78 is 6.85. The van der Waals surface area contributed by atoms with Gasteiger partial charge in [0.25, 0.3) is 5.69 Å². The molecule has 164 valence electrons. The molecule has 0 aliphatic carbocycles. The van der Waals surface area contributed by atoms with Crippen LogP contribution in [0.3, 0.4) is 0 Å². The number of fused-ring (bicyclic) bond motifs is 1. The SMILES string of the molecule is CCOC(=O)C(=Cc1ccc(NC)c([N+](=O)[O-])c1)C1=Nn2c(nnc2-c2cccs2)SC1. The number of nitrogens with zero attached hydrogens (tertiary/aromatic N) is 5. The third-order valence-corrected chi connectivity index (χ3v) is 6.31. The van der Waals surface area contributed by atoms with E-state index < -0.39 is 10.9 Å². The van der Waals surface area contributed by atoms with Crippen LogP contribution in [0.15, 0.2) is 51.5 Å². The van der Waals surface area contributed by atoms with E-state index >= 15 is 0 Å². The van der Waals surface area contributed by atoms with E-state index in [9.17, 15) is 14.9 Å². The summed E-state index contributed by atoms with van der Waals surface area (Å²) in [5.41, 5.74) is 1.47. The van der Waals surface area contributed by atoms with Crippen LogP contribution < -0.4 is 5.32 Å². The van der Waals surface area contributed by atoms with Gasteiger partial charge in [0.05, 0.1) is 27.7 Å². The van der Waals surface area contributed by atoms with Crippen molar-refractivity contribution in [3.8, 4) is 10.7 Å². The first-order chi connectivity index (χ1) is 15.5. The van der Waals surface area contributed by atoms with E-state index in [-0.39, 0.29) is 17.9 Å². The third-order valence-electron chi connectivity index (χ3n) is 4.52. The highest BCUT2D eigenvalue weighted by Gasteiger charge is 2.26. The number of carbonyl (C=O) groups excluding carboxylic acids is 1. The van der Waals surface area contributed by atoms with Crippen LogP contribution in [0.25, 0.3) is 16.8 Å². The van der Waals surface area contributed by atoms with E-state index in [0.717, 1.165) is 4.88 Å². The van der Waals surface area contributed by atoms with E-state index in [1.807, 2.05) is 17.5 Å². The molecule has 1 aromatic carbocycles. The maximum atomic E-state index is 12.8. The Bertz CT molecular complexity index is 1230. The summed E-state index contributed by atoms with van der Waals surface area (Å²) in [4.78, 5) is 24.6. The number of nitro benzene ring substituents is 1. The topological polar surface area (TPSA) is 125 Å². The first kappa shape index (κ1) is 21.7. The lowest BCUT2D eigenvalue weighted by Crippen LogP contribution is -2.21. The Morgan fingerprint density at radius 1 is 1.38 bits per heavy atom. The van der Waals surface area contributed by atoms with Crippen molar-refractivity contribution in [1.82, 2.24) is 14.9 Å². The Morgan fingerprint density at radius 2 is 2.22 bits per heavy atom. The zero-order valence-electron chi connectivity index (χ0n) is 17.1. The van der Waals surface area contributed by atoms with Crippen molar-refractivity contribution in [3.63, 3.8) is 0 Å². The zero-order chi connectivity index (χ0) is 22.7. The molecule has 10 nitrogen and oxygen atoms in total. The molecule has 4 rings (SSSR count). The Labute approximate surface area is 191 Å². The molecule has 1 aliphatic rings. The van der Waals surface area contributed by atoms with E-state index in [1.54, 1.807) is 36.9 Å². The third kappa shape index (κ3) is 4.27. The molecular weight excluding hydrogens is 452 g/mol. The smallest absolute Gasteiger partial charge is 0.340 e. The van der Waals surface area contributed by atoms with Crippen molar-refractivity contribution in [1.29, 1.82) is 0 Å². The van der Waals surface area contributed by atoms with Gasteiger partial charge in [-0.3, -0.25) is 10.1 Å². The fraction of sp³-hybridized carbons (Fsp3) is 0.200. The van der Waals surface area contributed by atoms with Crippen molar-refractivity contribution in [2.75, 3.05) is 24.7 Å². The lowest BCUT2D eigenvalue weighted by Gasteiger charge is -2.15. The summed E-state index contributed by atoms with van der Waals surface area (Å²) in [5, 5.41) is 29.8. The quantitative estimate of drug-likeness (QED) is 0.238. The number of anilines is 1. The molecular formula is C20H18N6O4S2. The van der Waals surface area contributed by atoms with Crippen LogP contribution in [0, 0.1) is 10.1 Å². The van der Waals surface area contributed by atoms with Gasteiger partial charge in [-0.2, -0.15) is 9.78 Å². The predicted octanol–water partition coefficient (Wildman–Crippen LogP) is 3.91. The normalized spacial score (nSPS) is 13.3. The van der Waals surface area contributed by atoms with Gasteiger partial charge in [-0.1, -0.05) is 23.9 Å². The number of esters is 1. The Kier molecular flexibility index (Phi) is 6.32. The lowest BCUT2D eigenvalue weighted by atomic mass is 10.1. The monoisotopic (exact) mass is 470 g/mol. The highest BCUT2D eigenvalue weighted by Crippen LogP contribution is 2.31. The maximum absolute atomic E-state index is 12.8. The van der Waals surface area contributed by atoms with Crippen LogP contribution in [-0.4, -0.2) is 50.9 Å². The standard InChI is InChI=1S/C20H18N6O4S2/c1-3-30-19(27)13(9-12-6-7-14(21-2)16(10-12)26(28)29)15-11-32-20-23-22-18(25(20)24-15)17-5-4-8-31-17/h4-10,21H,3,11H2,1-2H3. The number of thiophene rings is 1. The van der Waals surface area contributed by atoms with Gasteiger partial charge in [0.1, 0.15) is 5.69 Å². The van der Waals surface area contributed by atoms with Gasteiger partial charge in [0.2, 0.25) is 5.16 Å². The lowest BCUT2D eigenvalue weighted by molar-refractivity contribution is -0.384. The van der Waals surface area contributed by atoms with Crippen LogP contribution in [0.2, 0.25) is 0 Å². The van der Waals surface area contributed by atoms with E-state index in [4.69, 9.17) is 4.74 Å². The van der Waals surface area contributed by atoms with Crippen molar-refractivity contribution in [2.45, 2.75) is 12.1 Å². The second-order valence-electron chi connectivity index (χ2n) is 6.49. The number of hydrogen-bond acceptors (Lipinski definition) is 10. The second-order valence-corrected chi connectivity index (χ2v) is 8.38. The van der Waals surface area contributed by atoms with E-state index in [0.29, 0.717) is 33.7 Å². The molecule has 2 aromatic heterocycles. The van der Waals surface area contributed by atoms with Gasteiger partial charge in [0.15, 0.2) is 5.82 Å². The molecule has 0 saturated carbocycles. The van der Waals surface area contributed by atoms with Crippen LogP contribution in [0.4, 0.5) is 11.4 Å². The fourth-order valence-corrected chi connectivity index (χ4v) is 4.58. The molecule has 0 unspecified atom stereocenters. The van der Waals surface area contributed by atoms with Gasteiger partial charge in [-0.05, 0) is 36.1 Å². The summed E-state index contributed by atoms with van der Waals surface area (Å²) >= 11 is 2.91. The van der Waals surface area contributed by atoms with Gasteiger partial charge in [-0.15, -0.1) is 21.5 Å². The zero-order valence-corrected chi connectivity index (χ0v) is 18.8. The highest BCUT2D eigenvalue weighted by atomic mass is 32.2. The number of nitro groups is 1. The number of carbonyl (C=O) groups is 1. The van der Waals surface area contributed by atoms with Crippen LogP contribution in [0.1, 0.15) is 12.5 Å². The molecule has 0 saturated heterocycles. The Balaban J connectivity index is 1.80. The fourth-order valence-electron chi connectivity index (χ4n) is 3.06. The minimum atomic E-state index is -0.554. The van der Waals surface area contributed by atoms with Crippen molar-refractivity contribution >= 4 is 52.2 Å². The van der Waals surface area contributed by atoms with Gasteiger partial charge >= 0.3 is 5.97 Å². The minimum Gasteiger partial charge on any atom is -0.462 e. The first-order valence-electron chi connectivity index (χ1n) is 9.57. The average molecular weight is 471 g/mol. The summed E-state index contributed by atoms with van der Waals surface area (Å²) in [7, 11) is 1.61. The summed E-state index contributed by atoms with van der Waals surface area (Å²) in [5.74, 6) is 0.405. The molecule has 3 heterocycles. The molecule has 0 spiro atoms. The van der Waals surface area contributed by atoms with Crippen molar-refractivity contribution < 1.29 is 14.5 Å². The molecule has 1 aliphatic heterocycles. The van der Waals surface area contributed by atoms with Crippen molar-refractivity contribution in [2.24, 2.45) is 5.10 Å². The molecule has 32 heavy (non-hydrogen) atoms. The highest BCUT2D eigenvalue weighted by molar-refractivity contribution is 7.99. The van der Waals surface area contributed by atoms with E-state index in [1.165, 1.54) is 29.2 Å². The van der Waals surface area contributed by atoms with Crippen LogP contribution in [-0.2, 0) is 9.53 Å². The van der Waals surface area contributed by atoms with Gasteiger partial charge in [0, 0.05) is 18.9 Å². The first-order valence-corrected chi connectivity index (χ1v) is 11.4. The molecule has 1 N–H and O–H groups in total.